The van der Waals surface area contributed by atoms with Gasteiger partial charge in [0.05, 0.1) is 11.0 Å². The summed E-state index contributed by atoms with van der Waals surface area (Å²) in [4.78, 5) is 12.3. The summed E-state index contributed by atoms with van der Waals surface area (Å²) in [6.07, 6.45) is 14.9. The molecule has 4 rings (SSSR count). The van der Waals surface area contributed by atoms with Gasteiger partial charge in [-0.3, -0.25) is 4.79 Å². The van der Waals surface area contributed by atoms with Crippen LogP contribution >= 0.6 is 11.6 Å². The molecule has 3 heteroatoms. The average molecular weight is 423 g/mol. The minimum atomic E-state index is -0.0705. The molecule has 0 heterocycles. The Bertz CT molecular complexity index is 620. The Balaban J connectivity index is 1.48. The lowest BCUT2D eigenvalue weighted by Crippen LogP contribution is -2.63. The van der Waals surface area contributed by atoms with Gasteiger partial charge in [-0.15, -0.1) is 11.6 Å². The largest absolute Gasteiger partial charge is 0.378 e. The van der Waals surface area contributed by atoms with Gasteiger partial charge in [0.1, 0.15) is 5.78 Å². The van der Waals surface area contributed by atoms with Gasteiger partial charge in [0.2, 0.25) is 0 Å². The van der Waals surface area contributed by atoms with E-state index in [4.69, 9.17) is 16.3 Å². The number of ether oxygens (including phenoxy) is 1. The summed E-state index contributed by atoms with van der Waals surface area (Å²) in [5.74, 6) is 2.62. The van der Waals surface area contributed by atoms with E-state index in [0.29, 0.717) is 29.6 Å². The van der Waals surface area contributed by atoms with Gasteiger partial charge in [-0.25, -0.2) is 0 Å². The SMILES string of the molecule is CCCCCO[C@@H]1CC[C@@]2(C)[C@@H](CC[C@H]3[C@@H]4CC[C@H](C(C)=O)[C@@]4(C)CC[C@@]32Cl)C1. The maximum atomic E-state index is 12.4. The molecule has 0 aromatic rings. The third-order valence-corrected chi connectivity index (χ3v) is 11.2. The second-order valence-corrected chi connectivity index (χ2v) is 12.2. The molecule has 0 aromatic heterocycles. The zero-order valence-electron chi connectivity index (χ0n) is 19.3. The van der Waals surface area contributed by atoms with E-state index in [1.54, 1.807) is 0 Å². The van der Waals surface area contributed by atoms with Crippen molar-refractivity contribution in [1.29, 1.82) is 0 Å². The molecular weight excluding hydrogens is 380 g/mol. The number of unbranched alkanes of at least 4 members (excludes halogenated alkanes) is 2. The molecule has 0 unspecified atom stereocenters. The summed E-state index contributed by atoms with van der Waals surface area (Å²) < 4.78 is 6.29. The molecule has 0 spiro atoms. The molecule has 0 aliphatic heterocycles. The lowest BCUT2D eigenvalue weighted by molar-refractivity contribution is -0.134. The number of hydrogen-bond donors (Lipinski definition) is 0. The first-order valence-corrected chi connectivity index (χ1v) is 12.9. The highest BCUT2D eigenvalue weighted by molar-refractivity contribution is 6.25. The van der Waals surface area contributed by atoms with Gasteiger partial charge >= 0.3 is 0 Å². The number of halogens is 1. The van der Waals surface area contributed by atoms with Crippen molar-refractivity contribution in [2.45, 2.75) is 116 Å². The molecule has 166 valence electrons. The number of fused-ring (bicyclic) bond motifs is 5. The van der Waals surface area contributed by atoms with Crippen LogP contribution in [-0.2, 0) is 9.53 Å². The molecule has 0 radical (unpaired) electrons. The molecule has 0 bridgehead atoms. The smallest absolute Gasteiger partial charge is 0.133 e. The number of carbonyl (C=O) groups is 1. The molecule has 0 saturated heterocycles. The maximum absolute atomic E-state index is 12.4. The highest BCUT2D eigenvalue weighted by Gasteiger charge is 2.67. The second-order valence-electron chi connectivity index (χ2n) is 11.5. The number of hydrogen-bond acceptors (Lipinski definition) is 2. The third-order valence-electron chi connectivity index (χ3n) is 10.3. The van der Waals surface area contributed by atoms with E-state index in [2.05, 4.69) is 20.8 Å². The van der Waals surface area contributed by atoms with Gasteiger partial charge in [0.15, 0.2) is 0 Å². The summed E-state index contributed by atoms with van der Waals surface area (Å²) in [6, 6.07) is 0. The average Bonchev–Trinajstić information content (AvgIpc) is 3.04. The Morgan fingerprint density at radius 1 is 1.00 bits per heavy atom. The monoisotopic (exact) mass is 422 g/mol. The van der Waals surface area contributed by atoms with E-state index >= 15 is 0 Å². The van der Waals surface area contributed by atoms with Crippen LogP contribution in [0.4, 0.5) is 0 Å². The fourth-order valence-electron chi connectivity index (χ4n) is 8.52. The summed E-state index contributed by atoms with van der Waals surface area (Å²) in [7, 11) is 0. The van der Waals surface area contributed by atoms with E-state index < -0.39 is 0 Å². The molecule has 4 aliphatic carbocycles. The normalized spacial score (nSPS) is 49.2. The molecule has 4 aliphatic rings. The van der Waals surface area contributed by atoms with E-state index in [1.165, 1.54) is 57.8 Å². The summed E-state index contributed by atoms with van der Waals surface area (Å²) in [5.41, 5.74) is 0.425. The van der Waals surface area contributed by atoms with Crippen molar-refractivity contribution >= 4 is 17.4 Å². The molecular formula is C26H43ClO2. The first kappa shape index (κ1) is 22.1. The lowest BCUT2D eigenvalue weighted by Gasteiger charge is -2.65. The van der Waals surface area contributed by atoms with Crippen molar-refractivity contribution in [3.05, 3.63) is 0 Å². The highest BCUT2D eigenvalue weighted by atomic mass is 35.5. The predicted octanol–water partition coefficient (Wildman–Crippen LogP) is 7.17. The quantitative estimate of drug-likeness (QED) is 0.335. The van der Waals surface area contributed by atoms with E-state index in [-0.39, 0.29) is 21.6 Å². The zero-order valence-corrected chi connectivity index (χ0v) is 20.0. The van der Waals surface area contributed by atoms with E-state index in [0.717, 1.165) is 25.9 Å². The number of rotatable bonds is 6. The Hall–Kier alpha value is -0.0800. The minimum Gasteiger partial charge on any atom is -0.378 e. The van der Waals surface area contributed by atoms with Crippen LogP contribution < -0.4 is 0 Å². The Kier molecular flexibility index (Phi) is 6.19. The van der Waals surface area contributed by atoms with Crippen LogP contribution in [0.1, 0.15) is 105 Å². The van der Waals surface area contributed by atoms with Gasteiger partial charge in [-0.05, 0) is 99.7 Å². The topological polar surface area (TPSA) is 26.3 Å². The number of Topliss-reactive ketones (excluding diaryl/α,β-unsaturated/α-hetero) is 1. The first-order valence-electron chi connectivity index (χ1n) is 12.6. The van der Waals surface area contributed by atoms with Gasteiger partial charge in [0.25, 0.3) is 0 Å². The van der Waals surface area contributed by atoms with E-state index in [1.807, 2.05) is 6.92 Å². The van der Waals surface area contributed by atoms with Crippen molar-refractivity contribution in [3.8, 4) is 0 Å². The lowest BCUT2D eigenvalue weighted by atomic mass is 9.44. The van der Waals surface area contributed by atoms with Crippen LogP contribution in [0.25, 0.3) is 0 Å². The van der Waals surface area contributed by atoms with Crippen LogP contribution in [0, 0.1) is 34.5 Å². The molecule has 29 heavy (non-hydrogen) atoms. The molecule has 4 saturated carbocycles. The van der Waals surface area contributed by atoms with Gasteiger partial charge in [-0.1, -0.05) is 33.6 Å². The van der Waals surface area contributed by atoms with Crippen LogP contribution in [0.2, 0.25) is 0 Å². The fraction of sp³-hybridized carbons (Fsp3) is 0.962. The first-order chi connectivity index (χ1) is 13.8. The van der Waals surface area contributed by atoms with Crippen molar-refractivity contribution in [2.24, 2.45) is 34.5 Å². The molecule has 0 aromatic carbocycles. The van der Waals surface area contributed by atoms with Crippen molar-refractivity contribution < 1.29 is 9.53 Å². The number of alkyl halides is 1. The zero-order chi connectivity index (χ0) is 20.9. The summed E-state index contributed by atoms with van der Waals surface area (Å²) >= 11 is 7.72. The molecule has 4 fully saturated rings. The molecule has 8 atom stereocenters. The summed E-state index contributed by atoms with van der Waals surface area (Å²) in [5, 5.41) is 0. The minimum absolute atomic E-state index is 0.0705. The Labute approximate surface area is 183 Å². The fourth-order valence-corrected chi connectivity index (χ4v) is 9.13. The standard InChI is InChI=1S/C26H43ClO2/c1-5-6-7-16-29-20-12-13-25(4)19(17-20)8-9-23-22-11-10-21(18(2)28)24(22,3)14-15-26(23,25)27/h19-23H,5-17H2,1-4H3/t19-,20+,21+,22-,23-,24+,25-,26+/m0/s1. The third kappa shape index (κ3) is 3.43. The Morgan fingerprint density at radius 2 is 1.76 bits per heavy atom. The second kappa shape index (κ2) is 8.12. The van der Waals surface area contributed by atoms with Crippen molar-refractivity contribution in [1.82, 2.24) is 0 Å². The molecule has 2 nitrogen and oxygen atoms in total. The van der Waals surface area contributed by atoms with Crippen LogP contribution in [-0.4, -0.2) is 23.4 Å². The van der Waals surface area contributed by atoms with Gasteiger partial charge < -0.3 is 4.74 Å². The maximum Gasteiger partial charge on any atom is 0.133 e. The Morgan fingerprint density at radius 3 is 2.48 bits per heavy atom. The van der Waals surface area contributed by atoms with Crippen LogP contribution in [0.15, 0.2) is 0 Å². The van der Waals surface area contributed by atoms with Gasteiger partial charge in [-0.2, -0.15) is 0 Å². The molecule has 0 N–H and O–H groups in total. The van der Waals surface area contributed by atoms with Crippen LogP contribution in [0.3, 0.4) is 0 Å². The van der Waals surface area contributed by atoms with E-state index in [9.17, 15) is 4.79 Å². The number of ketones is 1. The summed E-state index contributed by atoms with van der Waals surface area (Å²) in [6.45, 7) is 9.94. The van der Waals surface area contributed by atoms with Gasteiger partial charge in [0, 0.05) is 12.5 Å². The predicted molar refractivity (Wildman–Crippen MR) is 120 cm³/mol. The number of carbonyl (C=O) groups excluding carboxylic acids is 1. The van der Waals surface area contributed by atoms with Crippen LogP contribution in [0.5, 0.6) is 0 Å². The molecule has 0 amide bonds. The van der Waals surface area contributed by atoms with Crippen molar-refractivity contribution in [2.75, 3.05) is 6.61 Å². The highest BCUT2D eigenvalue weighted by Crippen LogP contribution is 2.71. The van der Waals surface area contributed by atoms with Crippen molar-refractivity contribution in [3.63, 3.8) is 0 Å².